The van der Waals surface area contributed by atoms with E-state index in [9.17, 15) is 10.1 Å². The molecule has 0 atom stereocenters. The topological polar surface area (TPSA) is 68.1 Å². The zero-order chi connectivity index (χ0) is 13.2. The van der Waals surface area contributed by atoms with E-state index in [0.29, 0.717) is 16.8 Å². The van der Waals surface area contributed by atoms with Crippen molar-refractivity contribution >= 4 is 11.5 Å². The lowest BCUT2D eigenvalue weighted by Crippen LogP contribution is -2.17. The third kappa shape index (κ3) is 2.60. The quantitative estimate of drug-likeness (QED) is 0.620. The van der Waals surface area contributed by atoms with Gasteiger partial charge in [-0.3, -0.25) is 10.1 Å². The number of hydrogen-bond donors (Lipinski definition) is 1. The third-order valence-corrected chi connectivity index (χ3v) is 3.68. The molecule has 0 radical (unpaired) electrons. The van der Waals surface area contributed by atoms with E-state index in [-0.39, 0.29) is 10.6 Å². The summed E-state index contributed by atoms with van der Waals surface area (Å²) in [6, 6.07) is 1.67. The lowest BCUT2D eigenvalue weighted by atomic mass is 10.0. The van der Waals surface area contributed by atoms with E-state index in [0.717, 1.165) is 13.0 Å². The Balaban J connectivity index is 2.10. The first kappa shape index (κ1) is 12.8. The van der Waals surface area contributed by atoms with Crippen LogP contribution in [-0.2, 0) is 0 Å². The van der Waals surface area contributed by atoms with Gasteiger partial charge in [-0.2, -0.15) is 0 Å². The van der Waals surface area contributed by atoms with Gasteiger partial charge in [0.15, 0.2) is 0 Å². The second-order valence-electron chi connectivity index (χ2n) is 5.19. The molecule has 0 aromatic carbocycles. The minimum atomic E-state index is -0.357. The Morgan fingerprint density at radius 1 is 1.56 bits per heavy atom. The van der Waals surface area contributed by atoms with Crippen molar-refractivity contribution in [3.05, 3.63) is 27.9 Å². The maximum Gasteiger partial charge on any atom is 0.314 e. The van der Waals surface area contributed by atoms with Crippen LogP contribution < -0.4 is 5.32 Å². The fourth-order valence-corrected chi connectivity index (χ4v) is 2.40. The van der Waals surface area contributed by atoms with E-state index in [4.69, 9.17) is 0 Å². The van der Waals surface area contributed by atoms with E-state index in [2.05, 4.69) is 17.2 Å². The van der Waals surface area contributed by atoms with Crippen molar-refractivity contribution in [1.29, 1.82) is 0 Å². The van der Waals surface area contributed by atoms with Gasteiger partial charge in [0, 0.05) is 18.3 Å². The minimum absolute atomic E-state index is 0.102. The summed E-state index contributed by atoms with van der Waals surface area (Å²) >= 11 is 0. The molecule has 0 spiro atoms. The number of pyridine rings is 1. The fourth-order valence-electron chi connectivity index (χ4n) is 2.40. The summed E-state index contributed by atoms with van der Waals surface area (Å²) in [5.41, 5.74) is 1.11. The summed E-state index contributed by atoms with van der Waals surface area (Å²) in [5.74, 6) is 0.405. The third-order valence-electron chi connectivity index (χ3n) is 3.68. The highest BCUT2D eigenvalue weighted by molar-refractivity contribution is 5.59. The Morgan fingerprint density at radius 3 is 2.83 bits per heavy atom. The molecule has 1 aliphatic carbocycles. The number of rotatable bonds is 6. The van der Waals surface area contributed by atoms with Crippen LogP contribution in [0.3, 0.4) is 0 Å². The molecule has 1 aromatic heterocycles. The van der Waals surface area contributed by atoms with Crippen LogP contribution in [0.1, 0.15) is 38.2 Å². The average Bonchev–Trinajstić information content (AvgIpc) is 3.07. The normalized spacial score (nSPS) is 16.3. The minimum Gasteiger partial charge on any atom is -0.364 e. The van der Waals surface area contributed by atoms with Gasteiger partial charge in [0.25, 0.3) is 0 Å². The van der Waals surface area contributed by atoms with Gasteiger partial charge >= 0.3 is 5.69 Å². The van der Waals surface area contributed by atoms with E-state index < -0.39 is 0 Å². The number of anilines is 1. The van der Waals surface area contributed by atoms with Crippen LogP contribution in [0, 0.1) is 22.5 Å². The second-order valence-corrected chi connectivity index (χ2v) is 5.19. The van der Waals surface area contributed by atoms with Gasteiger partial charge in [0.2, 0.25) is 5.82 Å². The van der Waals surface area contributed by atoms with E-state index >= 15 is 0 Å². The highest BCUT2D eigenvalue weighted by Gasteiger charge is 2.41. The van der Waals surface area contributed by atoms with Crippen LogP contribution in [0.5, 0.6) is 0 Å². The van der Waals surface area contributed by atoms with Crippen molar-refractivity contribution in [3.63, 3.8) is 0 Å². The summed E-state index contributed by atoms with van der Waals surface area (Å²) < 4.78 is 0. The molecule has 1 fully saturated rings. The molecule has 18 heavy (non-hydrogen) atoms. The summed E-state index contributed by atoms with van der Waals surface area (Å²) in [4.78, 5) is 14.8. The molecule has 98 valence electrons. The van der Waals surface area contributed by atoms with Crippen LogP contribution in [0.4, 0.5) is 11.5 Å². The maximum absolute atomic E-state index is 11.0. The number of nitro groups is 1. The largest absolute Gasteiger partial charge is 0.364 e. The van der Waals surface area contributed by atoms with Crippen LogP contribution in [0.25, 0.3) is 0 Å². The van der Waals surface area contributed by atoms with E-state index in [1.54, 1.807) is 19.2 Å². The second kappa shape index (κ2) is 4.92. The smallest absolute Gasteiger partial charge is 0.314 e. The molecule has 0 saturated heterocycles. The fraction of sp³-hybridized carbons (Fsp3) is 0.615. The van der Waals surface area contributed by atoms with Crippen molar-refractivity contribution in [1.82, 2.24) is 4.98 Å². The summed E-state index contributed by atoms with van der Waals surface area (Å²) in [7, 11) is 0. The van der Waals surface area contributed by atoms with Crippen molar-refractivity contribution in [2.75, 3.05) is 11.9 Å². The number of nitrogens with zero attached hydrogens (tertiary/aromatic N) is 2. The van der Waals surface area contributed by atoms with E-state index in [1.165, 1.54) is 19.3 Å². The number of aryl methyl sites for hydroxylation is 1. The molecule has 0 amide bonds. The number of nitrogens with one attached hydrogen (secondary N) is 1. The van der Waals surface area contributed by atoms with Crippen LogP contribution >= 0.6 is 0 Å². The Labute approximate surface area is 107 Å². The number of aromatic nitrogens is 1. The molecule has 1 aliphatic rings. The Morgan fingerprint density at radius 2 is 2.28 bits per heavy atom. The first-order valence-electron chi connectivity index (χ1n) is 6.42. The van der Waals surface area contributed by atoms with Gasteiger partial charge < -0.3 is 5.32 Å². The molecule has 1 N–H and O–H groups in total. The van der Waals surface area contributed by atoms with Gasteiger partial charge in [0.05, 0.1) is 4.92 Å². The Hall–Kier alpha value is -1.65. The molecule has 1 saturated carbocycles. The average molecular weight is 249 g/mol. The first-order valence-corrected chi connectivity index (χ1v) is 6.42. The van der Waals surface area contributed by atoms with Crippen molar-refractivity contribution in [3.8, 4) is 0 Å². The lowest BCUT2D eigenvalue weighted by Gasteiger charge is -2.15. The SMILES string of the molecule is CCCC1(CNc2nccc(C)c2[N+](=O)[O-])CC1. The molecule has 0 aliphatic heterocycles. The molecular weight excluding hydrogens is 230 g/mol. The molecule has 5 heteroatoms. The summed E-state index contributed by atoms with van der Waals surface area (Å²) in [6.45, 7) is 4.70. The Bertz CT molecular complexity index is 456. The van der Waals surface area contributed by atoms with Crippen molar-refractivity contribution in [2.24, 2.45) is 5.41 Å². The van der Waals surface area contributed by atoms with Gasteiger partial charge in [-0.15, -0.1) is 0 Å². The first-order chi connectivity index (χ1) is 8.58. The Kier molecular flexibility index (Phi) is 3.50. The summed E-state index contributed by atoms with van der Waals surface area (Å²) in [5, 5.41) is 14.2. The summed E-state index contributed by atoms with van der Waals surface area (Å²) in [6.07, 6.45) is 6.38. The van der Waals surface area contributed by atoms with Gasteiger partial charge in [-0.05, 0) is 37.7 Å². The predicted molar refractivity (Wildman–Crippen MR) is 70.7 cm³/mol. The van der Waals surface area contributed by atoms with Gasteiger partial charge in [-0.25, -0.2) is 4.98 Å². The monoisotopic (exact) mass is 249 g/mol. The highest BCUT2D eigenvalue weighted by atomic mass is 16.6. The molecule has 0 bridgehead atoms. The van der Waals surface area contributed by atoms with Crippen molar-refractivity contribution in [2.45, 2.75) is 39.5 Å². The molecule has 5 nitrogen and oxygen atoms in total. The van der Waals surface area contributed by atoms with Gasteiger partial charge in [0.1, 0.15) is 0 Å². The standard InChI is InChI=1S/C13H19N3O2/c1-3-5-13(6-7-13)9-15-12-11(16(17)18)10(2)4-8-14-12/h4,8H,3,5-7,9H2,1-2H3,(H,14,15). The van der Waals surface area contributed by atoms with Crippen molar-refractivity contribution < 1.29 is 4.92 Å². The van der Waals surface area contributed by atoms with Gasteiger partial charge in [-0.1, -0.05) is 13.3 Å². The maximum atomic E-state index is 11.0. The lowest BCUT2D eigenvalue weighted by molar-refractivity contribution is -0.384. The zero-order valence-corrected chi connectivity index (χ0v) is 10.9. The van der Waals surface area contributed by atoms with Crippen LogP contribution in [-0.4, -0.2) is 16.5 Å². The predicted octanol–water partition coefficient (Wildman–Crippen LogP) is 3.29. The molecule has 2 rings (SSSR count). The highest BCUT2D eigenvalue weighted by Crippen LogP contribution is 2.49. The van der Waals surface area contributed by atoms with Crippen LogP contribution in [0.15, 0.2) is 12.3 Å². The molecular formula is C13H19N3O2. The number of hydrogen-bond acceptors (Lipinski definition) is 4. The molecule has 0 unspecified atom stereocenters. The zero-order valence-electron chi connectivity index (χ0n) is 10.9. The van der Waals surface area contributed by atoms with E-state index in [1.807, 2.05) is 0 Å². The van der Waals surface area contributed by atoms with Crippen LogP contribution in [0.2, 0.25) is 0 Å². The molecule has 1 aromatic rings. The molecule has 1 heterocycles.